The van der Waals surface area contributed by atoms with Gasteiger partial charge < -0.3 is 5.11 Å². The molecule has 1 aliphatic rings. The lowest BCUT2D eigenvalue weighted by Crippen LogP contribution is -2.57. The zero-order valence-corrected chi connectivity index (χ0v) is 20.0. The summed E-state index contributed by atoms with van der Waals surface area (Å²) in [5.41, 5.74) is 0. The molecule has 1 heterocycles. The monoisotopic (exact) mass is 407 g/mol. The van der Waals surface area contributed by atoms with Crippen LogP contribution >= 0.6 is 0 Å². The lowest BCUT2D eigenvalue weighted by Gasteiger charge is -2.40. The predicted octanol–water partition coefficient (Wildman–Crippen LogP) is 7.39. The van der Waals surface area contributed by atoms with Gasteiger partial charge >= 0.3 is 0 Å². The Morgan fingerprint density at radius 3 is 1.90 bits per heavy atom. The fourth-order valence-corrected chi connectivity index (χ4v) is 4.67. The Morgan fingerprint density at radius 2 is 1.38 bits per heavy atom. The van der Waals surface area contributed by atoms with E-state index in [1.54, 1.807) is 0 Å². The van der Waals surface area contributed by atoms with Crippen molar-refractivity contribution in [2.24, 2.45) is 4.99 Å². The molecule has 0 saturated carbocycles. The first-order chi connectivity index (χ1) is 14.2. The quantitative estimate of drug-likeness (QED) is 0.135. The summed E-state index contributed by atoms with van der Waals surface area (Å²) < 4.78 is 0.715. The number of nitrogens with zero attached hydrogens (tertiary/aromatic N) is 2. The van der Waals surface area contributed by atoms with Crippen molar-refractivity contribution in [1.29, 1.82) is 0 Å². The molecular formula is C26H51N2O+. The first-order valence-corrected chi connectivity index (χ1v) is 12.9. The highest BCUT2D eigenvalue weighted by atomic mass is 16.3. The number of aliphatic hydroxyl groups excluding tert-OH is 1. The second kappa shape index (κ2) is 17.1. The van der Waals surface area contributed by atoms with Crippen molar-refractivity contribution in [1.82, 2.24) is 0 Å². The molecule has 0 aliphatic carbocycles. The average Bonchev–Trinajstić information content (AvgIpc) is 3.14. The van der Waals surface area contributed by atoms with Crippen molar-refractivity contribution in [3.63, 3.8) is 0 Å². The smallest absolute Gasteiger partial charge is 0.189 e. The van der Waals surface area contributed by atoms with E-state index in [9.17, 15) is 5.11 Å². The van der Waals surface area contributed by atoms with Crippen LogP contribution in [0.4, 0.5) is 0 Å². The van der Waals surface area contributed by atoms with Gasteiger partial charge in [0.05, 0.1) is 12.8 Å². The van der Waals surface area contributed by atoms with Crippen LogP contribution in [-0.2, 0) is 0 Å². The maximum absolute atomic E-state index is 10.2. The van der Waals surface area contributed by atoms with Gasteiger partial charge in [-0.2, -0.15) is 0 Å². The fourth-order valence-electron chi connectivity index (χ4n) is 4.67. The van der Waals surface area contributed by atoms with E-state index in [0.717, 1.165) is 25.9 Å². The van der Waals surface area contributed by atoms with Crippen molar-refractivity contribution in [3.8, 4) is 0 Å². The normalized spacial score (nSPS) is 22.7. The molecule has 3 nitrogen and oxygen atoms in total. The molecule has 0 fully saturated rings. The Labute approximate surface area is 182 Å². The van der Waals surface area contributed by atoms with Crippen LogP contribution in [0.25, 0.3) is 0 Å². The molecule has 0 bridgehead atoms. The summed E-state index contributed by atoms with van der Waals surface area (Å²) in [4.78, 5) is 4.65. The molecule has 0 radical (unpaired) electrons. The Morgan fingerprint density at radius 1 is 0.862 bits per heavy atom. The third kappa shape index (κ3) is 10.8. The van der Waals surface area contributed by atoms with Gasteiger partial charge in [-0.3, -0.25) is 4.48 Å². The number of quaternary nitrogens is 1. The van der Waals surface area contributed by atoms with Gasteiger partial charge in [-0.1, -0.05) is 96.1 Å². The summed E-state index contributed by atoms with van der Waals surface area (Å²) in [6.45, 7) is 8.19. The third-order valence-electron chi connectivity index (χ3n) is 6.86. The number of rotatable bonds is 19. The van der Waals surface area contributed by atoms with Gasteiger partial charge in [0.1, 0.15) is 6.54 Å². The van der Waals surface area contributed by atoms with Crippen LogP contribution in [0.3, 0.4) is 0 Å². The van der Waals surface area contributed by atoms with E-state index in [4.69, 9.17) is 0 Å². The Bertz CT molecular complexity index is 432. The van der Waals surface area contributed by atoms with Crippen molar-refractivity contribution < 1.29 is 9.59 Å². The van der Waals surface area contributed by atoms with Crippen LogP contribution in [-0.4, -0.2) is 41.3 Å². The highest BCUT2D eigenvalue weighted by Crippen LogP contribution is 2.26. The molecule has 1 rings (SSSR count). The van der Waals surface area contributed by atoms with E-state index in [0.29, 0.717) is 4.48 Å². The number of hydrogen-bond donors (Lipinski definition) is 1. The highest BCUT2D eigenvalue weighted by Gasteiger charge is 2.41. The summed E-state index contributed by atoms with van der Waals surface area (Å²) in [6.07, 6.45) is 28.4. The summed E-state index contributed by atoms with van der Waals surface area (Å²) in [5, 5.41) is 10.2. The lowest BCUT2D eigenvalue weighted by atomic mass is 10.0. The molecule has 29 heavy (non-hydrogen) atoms. The van der Waals surface area contributed by atoms with Gasteiger partial charge in [-0.25, -0.2) is 4.99 Å². The molecule has 170 valence electrons. The summed E-state index contributed by atoms with van der Waals surface area (Å²) in [7, 11) is 0. The van der Waals surface area contributed by atoms with Gasteiger partial charge in [0.15, 0.2) is 12.4 Å². The zero-order valence-electron chi connectivity index (χ0n) is 20.0. The van der Waals surface area contributed by atoms with E-state index in [2.05, 4.69) is 31.0 Å². The Kier molecular flexibility index (Phi) is 15.5. The standard InChI is InChI=1S/C26H51N2O/c1-4-6-7-8-9-10-11-12-13-14-15-16-17-18-19-20-21-22-26-27-23-24-28(26,5-2)25(3)29/h19-20,23,25-26,29H,4-18,21-22,24H2,1-3H3/q+1/b20-19+. The van der Waals surface area contributed by atoms with Gasteiger partial charge in [-0.15, -0.1) is 0 Å². The van der Waals surface area contributed by atoms with Crippen LogP contribution in [0.1, 0.15) is 124 Å². The number of unbranched alkanes of at least 4 members (excludes halogenated alkanes) is 13. The number of allylic oxidation sites excluding steroid dienone is 2. The van der Waals surface area contributed by atoms with Gasteiger partial charge in [0, 0.05) is 13.3 Å². The minimum absolute atomic E-state index is 0.237. The molecular weight excluding hydrogens is 356 g/mol. The molecule has 0 amide bonds. The first kappa shape index (κ1) is 26.4. The van der Waals surface area contributed by atoms with Crippen LogP contribution in [0.15, 0.2) is 17.1 Å². The van der Waals surface area contributed by atoms with E-state index >= 15 is 0 Å². The molecule has 0 aromatic heterocycles. The lowest BCUT2D eigenvalue weighted by molar-refractivity contribution is -0.976. The van der Waals surface area contributed by atoms with Crippen LogP contribution in [0.2, 0.25) is 0 Å². The minimum Gasteiger partial charge on any atom is -0.345 e. The fraction of sp³-hybridized carbons (Fsp3) is 0.885. The van der Waals surface area contributed by atoms with Crippen molar-refractivity contribution in [3.05, 3.63) is 12.2 Å². The van der Waals surface area contributed by atoms with E-state index < -0.39 is 0 Å². The maximum Gasteiger partial charge on any atom is 0.189 e. The largest absolute Gasteiger partial charge is 0.345 e. The molecule has 1 N–H and O–H groups in total. The molecule has 0 saturated heterocycles. The van der Waals surface area contributed by atoms with Gasteiger partial charge in [-0.05, 0) is 26.2 Å². The van der Waals surface area contributed by atoms with Crippen LogP contribution < -0.4 is 0 Å². The average molecular weight is 408 g/mol. The summed E-state index contributed by atoms with van der Waals surface area (Å²) >= 11 is 0. The highest BCUT2D eigenvalue weighted by molar-refractivity contribution is 5.60. The topological polar surface area (TPSA) is 32.6 Å². The molecule has 1 aliphatic heterocycles. The van der Waals surface area contributed by atoms with E-state index in [1.807, 2.05) is 13.1 Å². The van der Waals surface area contributed by atoms with Crippen LogP contribution in [0, 0.1) is 0 Å². The minimum atomic E-state index is -0.331. The maximum atomic E-state index is 10.2. The Hall–Kier alpha value is -0.670. The summed E-state index contributed by atoms with van der Waals surface area (Å²) in [6, 6.07) is 0. The molecule has 0 aromatic rings. The Balaban J connectivity index is 1.90. The number of aliphatic hydroxyl groups is 1. The van der Waals surface area contributed by atoms with E-state index in [1.165, 1.54) is 89.9 Å². The SMILES string of the molecule is CCCCCCCCCCCCCCC/C=C/CCC1N=CC[N+]1(CC)C(C)O. The molecule has 0 aromatic carbocycles. The second-order valence-electron chi connectivity index (χ2n) is 9.13. The van der Waals surface area contributed by atoms with Crippen molar-refractivity contribution >= 4 is 6.21 Å². The predicted molar refractivity (Wildman–Crippen MR) is 128 cm³/mol. The van der Waals surface area contributed by atoms with Gasteiger partial charge in [0.2, 0.25) is 0 Å². The third-order valence-corrected chi connectivity index (χ3v) is 6.86. The number of aliphatic imine (C=N–C) groups is 1. The molecule has 0 spiro atoms. The van der Waals surface area contributed by atoms with Crippen LogP contribution in [0.5, 0.6) is 0 Å². The molecule has 3 heteroatoms. The van der Waals surface area contributed by atoms with E-state index in [-0.39, 0.29) is 12.4 Å². The molecule has 3 atom stereocenters. The second-order valence-corrected chi connectivity index (χ2v) is 9.13. The first-order valence-electron chi connectivity index (χ1n) is 12.9. The van der Waals surface area contributed by atoms with Crippen molar-refractivity contribution in [2.45, 2.75) is 136 Å². The number of hydrogen-bond acceptors (Lipinski definition) is 2. The van der Waals surface area contributed by atoms with Crippen molar-refractivity contribution in [2.75, 3.05) is 13.1 Å². The zero-order chi connectivity index (χ0) is 21.2. The molecule has 3 unspecified atom stereocenters. The van der Waals surface area contributed by atoms with Gasteiger partial charge in [0.25, 0.3) is 0 Å². The summed E-state index contributed by atoms with van der Waals surface area (Å²) in [5.74, 6) is 0.